The van der Waals surface area contributed by atoms with E-state index in [2.05, 4.69) is 4.98 Å². The van der Waals surface area contributed by atoms with Crippen molar-refractivity contribution in [3.05, 3.63) is 16.1 Å². The highest BCUT2D eigenvalue weighted by atomic mass is 32.2. The zero-order valence-electron chi connectivity index (χ0n) is 12.1. The Hall–Kier alpha value is -1.08. The number of carboxylic acids is 1. The van der Waals surface area contributed by atoms with Crippen LogP contribution in [0.2, 0.25) is 0 Å². The lowest BCUT2D eigenvalue weighted by Crippen LogP contribution is -2.41. The topological polar surface area (TPSA) is 70.5 Å². The van der Waals surface area contributed by atoms with Gasteiger partial charge in [-0.1, -0.05) is 0 Å². The number of amides is 1. The van der Waals surface area contributed by atoms with E-state index in [1.807, 2.05) is 17.2 Å². The van der Waals surface area contributed by atoms with Crippen molar-refractivity contribution < 1.29 is 14.7 Å². The van der Waals surface area contributed by atoms with Crippen LogP contribution in [0, 0.1) is 12.8 Å². The summed E-state index contributed by atoms with van der Waals surface area (Å²) in [6, 6.07) is 0. The number of piperidine rings is 1. The molecule has 21 heavy (non-hydrogen) atoms. The number of nitrogens with zero attached hydrogens (tertiary/aromatic N) is 2. The van der Waals surface area contributed by atoms with Crippen LogP contribution in [-0.2, 0) is 15.3 Å². The number of aryl methyl sites for hydroxylation is 1. The molecule has 116 valence electrons. The summed E-state index contributed by atoms with van der Waals surface area (Å²) < 4.78 is 0. The number of rotatable bonds is 6. The molecule has 1 aliphatic rings. The highest BCUT2D eigenvalue weighted by Gasteiger charge is 2.24. The number of carboxylic acid groups (broad SMARTS) is 1. The highest BCUT2D eigenvalue weighted by Crippen LogP contribution is 2.21. The molecular weight excluding hydrogens is 308 g/mol. The van der Waals surface area contributed by atoms with Crippen molar-refractivity contribution in [3.63, 3.8) is 0 Å². The van der Waals surface area contributed by atoms with Crippen molar-refractivity contribution in [3.8, 4) is 0 Å². The van der Waals surface area contributed by atoms with Gasteiger partial charge in [0.2, 0.25) is 5.91 Å². The molecule has 0 aromatic carbocycles. The Labute approximate surface area is 132 Å². The third kappa shape index (κ3) is 5.32. The van der Waals surface area contributed by atoms with Crippen LogP contribution in [0.15, 0.2) is 5.38 Å². The van der Waals surface area contributed by atoms with Gasteiger partial charge in [-0.15, -0.1) is 23.1 Å². The Balaban J connectivity index is 1.73. The molecule has 1 N–H and O–H groups in total. The number of aromatic nitrogens is 1. The van der Waals surface area contributed by atoms with Crippen LogP contribution in [0.1, 0.15) is 30.0 Å². The molecule has 0 spiro atoms. The van der Waals surface area contributed by atoms with Crippen molar-refractivity contribution in [2.75, 3.05) is 18.8 Å². The first kappa shape index (κ1) is 16.3. The van der Waals surface area contributed by atoms with Gasteiger partial charge in [0.25, 0.3) is 0 Å². The second-order valence-electron chi connectivity index (χ2n) is 5.30. The second kappa shape index (κ2) is 7.79. The number of hydrogen-bond acceptors (Lipinski definition) is 5. The normalized spacial score (nSPS) is 18.7. The third-order valence-electron chi connectivity index (χ3n) is 3.48. The molecule has 2 rings (SSSR count). The summed E-state index contributed by atoms with van der Waals surface area (Å²) in [6.07, 6.45) is 1.97. The van der Waals surface area contributed by atoms with Crippen molar-refractivity contribution in [1.82, 2.24) is 9.88 Å². The van der Waals surface area contributed by atoms with Gasteiger partial charge < -0.3 is 10.0 Å². The Morgan fingerprint density at radius 2 is 2.38 bits per heavy atom. The molecule has 1 aliphatic heterocycles. The van der Waals surface area contributed by atoms with Crippen molar-refractivity contribution in [1.29, 1.82) is 0 Å². The van der Waals surface area contributed by atoms with Gasteiger partial charge in [0.15, 0.2) is 0 Å². The zero-order valence-corrected chi connectivity index (χ0v) is 13.7. The van der Waals surface area contributed by atoms with Crippen LogP contribution in [0.5, 0.6) is 0 Å². The number of likely N-dealkylation sites (tertiary alicyclic amines) is 1. The third-order valence-corrected chi connectivity index (χ3v) is 5.25. The van der Waals surface area contributed by atoms with E-state index in [0.29, 0.717) is 12.3 Å². The number of hydrogen-bond donors (Lipinski definition) is 1. The number of carbonyl (C=O) groups is 2. The summed E-state index contributed by atoms with van der Waals surface area (Å²) in [4.78, 5) is 29.1. The van der Waals surface area contributed by atoms with Gasteiger partial charge in [0.05, 0.1) is 16.5 Å². The molecule has 1 atom stereocenters. The predicted octanol–water partition coefficient (Wildman–Crippen LogP) is 2.40. The summed E-state index contributed by atoms with van der Waals surface area (Å²) >= 11 is 3.20. The first-order chi connectivity index (χ1) is 10.0. The summed E-state index contributed by atoms with van der Waals surface area (Å²) in [5.74, 6) is 0.634. The first-order valence-electron chi connectivity index (χ1n) is 7.03. The first-order valence-corrected chi connectivity index (χ1v) is 9.06. The van der Waals surface area contributed by atoms with Crippen LogP contribution in [0.25, 0.3) is 0 Å². The van der Waals surface area contributed by atoms with Crippen LogP contribution in [0.4, 0.5) is 0 Å². The molecule has 1 saturated heterocycles. The quantitative estimate of drug-likeness (QED) is 0.868. The van der Waals surface area contributed by atoms with E-state index in [0.717, 1.165) is 35.8 Å². The van der Waals surface area contributed by atoms with Gasteiger partial charge in [0, 0.05) is 30.6 Å². The molecule has 1 aromatic heterocycles. The van der Waals surface area contributed by atoms with E-state index in [-0.39, 0.29) is 18.2 Å². The average Bonchev–Trinajstić information content (AvgIpc) is 2.84. The number of thiazole rings is 1. The SMILES string of the molecule is Cc1nc(CSCC(=O)N2CCCC(CC(=O)O)C2)cs1. The Morgan fingerprint density at radius 3 is 3.05 bits per heavy atom. The maximum Gasteiger partial charge on any atom is 0.303 e. The lowest BCUT2D eigenvalue weighted by atomic mass is 9.95. The van der Waals surface area contributed by atoms with E-state index in [9.17, 15) is 9.59 Å². The molecule has 1 fully saturated rings. The fourth-order valence-electron chi connectivity index (χ4n) is 2.51. The minimum atomic E-state index is -0.775. The molecule has 7 heteroatoms. The standard InChI is InChI=1S/C14H20N2O3S2/c1-10-15-12(8-21-10)7-20-9-13(17)16-4-2-3-11(6-16)5-14(18)19/h8,11H,2-7,9H2,1H3,(H,18,19). The van der Waals surface area contributed by atoms with Gasteiger partial charge in [-0.25, -0.2) is 4.98 Å². The molecule has 0 radical (unpaired) electrons. The van der Waals surface area contributed by atoms with Crippen molar-refractivity contribution >= 4 is 35.0 Å². The van der Waals surface area contributed by atoms with Gasteiger partial charge in [-0.3, -0.25) is 9.59 Å². The van der Waals surface area contributed by atoms with Gasteiger partial charge >= 0.3 is 5.97 Å². The van der Waals surface area contributed by atoms with E-state index in [1.54, 1.807) is 23.1 Å². The summed E-state index contributed by atoms with van der Waals surface area (Å²) in [5.41, 5.74) is 1.03. The Bertz CT molecular complexity index is 504. The van der Waals surface area contributed by atoms with Crippen molar-refractivity contribution in [2.24, 2.45) is 5.92 Å². The number of carbonyl (C=O) groups excluding carboxylic acids is 1. The summed E-state index contributed by atoms with van der Waals surface area (Å²) in [5, 5.41) is 11.9. The van der Waals surface area contributed by atoms with Gasteiger partial charge in [-0.05, 0) is 25.7 Å². The molecule has 1 unspecified atom stereocenters. The largest absolute Gasteiger partial charge is 0.481 e. The average molecular weight is 328 g/mol. The fraction of sp³-hybridized carbons (Fsp3) is 0.643. The molecule has 0 aliphatic carbocycles. The molecule has 0 saturated carbocycles. The highest BCUT2D eigenvalue weighted by molar-refractivity contribution is 7.99. The molecular formula is C14H20N2O3S2. The van der Waals surface area contributed by atoms with Gasteiger partial charge in [0.1, 0.15) is 0 Å². The van der Waals surface area contributed by atoms with Crippen LogP contribution in [-0.4, -0.2) is 45.7 Å². The van der Waals surface area contributed by atoms with E-state index < -0.39 is 5.97 Å². The molecule has 1 aromatic rings. The Kier molecular flexibility index (Phi) is 6.05. The second-order valence-corrected chi connectivity index (χ2v) is 7.34. The van der Waals surface area contributed by atoms with Crippen LogP contribution >= 0.6 is 23.1 Å². The lowest BCUT2D eigenvalue weighted by molar-refractivity contribution is -0.140. The zero-order chi connectivity index (χ0) is 15.2. The Morgan fingerprint density at radius 1 is 1.57 bits per heavy atom. The fourth-order valence-corrected chi connectivity index (χ4v) is 4.05. The smallest absolute Gasteiger partial charge is 0.303 e. The maximum atomic E-state index is 12.2. The van der Waals surface area contributed by atoms with Gasteiger partial charge in [-0.2, -0.15) is 0 Å². The van der Waals surface area contributed by atoms with Crippen LogP contribution in [0.3, 0.4) is 0 Å². The van der Waals surface area contributed by atoms with E-state index in [4.69, 9.17) is 5.11 Å². The lowest BCUT2D eigenvalue weighted by Gasteiger charge is -2.32. The van der Waals surface area contributed by atoms with Crippen molar-refractivity contribution in [2.45, 2.75) is 31.9 Å². The maximum absolute atomic E-state index is 12.2. The molecule has 2 heterocycles. The minimum absolute atomic E-state index is 0.103. The van der Waals surface area contributed by atoms with E-state index in [1.165, 1.54) is 0 Å². The minimum Gasteiger partial charge on any atom is -0.481 e. The van der Waals surface area contributed by atoms with E-state index >= 15 is 0 Å². The number of thioether (sulfide) groups is 1. The summed E-state index contributed by atoms with van der Waals surface area (Å²) in [7, 11) is 0. The number of aliphatic carboxylic acids is 1. The van der Waals surface area contributed by atoms with Crippen LogP contribution < -0.4 is 0 Å². The molecule has 1 amide bonds. The molecule has 0 bridgehead atoms. The predicted molar refractivity (Wildman–Crippen MR) is 84.6 cm³/mol. The summed E-state index contributed by atoms with van der Waals surface area (Å²) in [6.45, 7) is 3.31. The monoisotopic (exact) mass is 328 g/mol. The molecule has 5 nitrogen and oxygen atoms in total.